The average Bonchev–Trinajstić information content (AvgIpc) is 2.97. The van der Waals surface area contributed by atoms with Gasteiger partial charge in [-0.05, 0) is 30.9 Å². The predicted octanol–water partition coefficient (Wildman–Crippen LogP) is 3.51. The Hall–Kier alpha value is -1.03. The van der Waals surface area contributed by atoms with Crippen molar-refractivity contribution in [1.29, 1.82) is 0 Å². The van der Waals surface area contributed by atoms with E-state index < -0.39 is 0 Å². The summed E-state index contributed by atoms with van der Waals surface area (Å²) >= 11 is 6.09. The van der Waals surface area contributed by atoms with Crippen molar-refractivity contribution in [3.8, 4) is 0 Å². The quantitative estimate of drug-likeness (QED) is 0.924. The van der Waals surface area contributed by atoms with Crippen molar-refractivity contribution in [2.75, 3.05) is 13.2 Å². The van der Waals surface area contributed by atoms with Gasteiger partial charge < -0.3 is 14.9 Å². The summed E-state index contributed by atoms with van der Waals surface area (Å²) in [6, 6.07) is 7.63. The van der Waals surface area contributed by atoms with Gasteiger partial charge in [0, 0.05) is 18.6 Å². The average molecular weight is 266 g/mol. The molecule has 96 valence electrons. The second kappa shape index (κ2) is 4.92. The number of para-hydroxylation sites is 1. The SMILES string of the molecule is NC(CC1CCOC1)c1cc2cccc(Cl)c2o1. The van der Waals surface area contributed by atoms with E-state index in [2.05, 4.69) is 0 Å². The molecule has 1 aromatic carbocycles. The van der Waals surface area contributed by atoms with Gasteiger partial charge in [0.2, 0.25) is 0 Å². The lowest BCUT2D eigenvalue weighted by molar-refractivity contribution is 0.182. The molecule has 3 rings (SSSR count). The van der Waals surface area contributed by atoms with E-state index in [0.29, 0.717) is 10.9 Å². The molecular weight excluding hydrogens is 250 g/mol. The molecule has 0 spiro atoms. The minimum absolute atomic E-state index is 0.0832. The third kappa shape index (κ3) is 2.26. The van der Waals surface area contributed by atoms with Gasteiger partial charge in [0.05, 0.1) is 11.1 Å². The summed E-state index contributed by atoms with van der Waals surface area (Å²) in [5.74, 6) is 1.36. The van der Waals surface area contributed by atoms with E-state index in [4.69, 9.17) is 26.5 Å². The fraction of sp³-hybridized carbons (Fsp3) is 0.429. The van der Waals surface area contributed by atoms with Crippen LogP contribution in [0, 0.1) is 5.92 Å². The number of hydrogen-bond acceptors (Lipinski definition) is 3. The molecule has 1 aromatic heterocycles. The van der Waals surface area contributed by atoms with Crippen molar-refractivity contribution in [1.82, 2.24) is 0 Å². The molecule has 2 unspecified atom stereocenters. The highest BCUT2D eigenvalue weighted by molar-refractivity contribution is 6.34. The first kappa shape index (κ1) is 12.0. The van der Waals surface area contributed by atoms with Crippen LogP contribution in [0.4, 0.5) is 0 Å². The molecule has 1 aliphatic heterocycles. The first-order chi connectivity index (χ1) is 8.74. The van der Waals surface area contributed by atoms with Crippen LogP contribution < -0.4 is 5.73 Å². The molecule has 0 radical (unpaired) electrons. The van der Waals surface area contributed by atoms with Crippen molar-refractivity contribution in [2.24, 2.45) is 11.7 Å². The number of hydrogen-bond donors (Lipinski definition) is 1. The standard InChI is InChI=1S/C14H16ClNO2/c15-11-3-1-2-10-7-13(18-14(10)11)12(16)6-9-4-5-17-8-9/h1-3,7,9,12H,4-6,8,16H2. The summed E-state index contributed by atoms with van der Waals surface area (Å²) < 4.78 is 11.1. The molecule has 1 fully saturated rings. The Kier molecular flexibility index (Phi) is 3.29. The Morgan fingerprint density at radius 2 is 2.33 bits per heavy atom. The first-order valence-electron chi connectivity index (χ1n) is 6.25. The number of benzene rings is 1. The zero-order valence-corrected chi connectivity index (χ0v) is 10.8. The van der Waals surface area contributed by atoms with Gasteiger partial charge in [-0.25, -0.2) is 0 Å². The van der Waals surface area contributed by atoms with E-state index in [1.165, 1.54) is 0 Å². The van der Waals surface area contributed by atoms with Gasteiger partial charge in [0.25, 0.3) is 0 Å². The van der Waals surface area contributed by atoms with Crippen LogP contribution in [-0.4, -0.2) is 13.2 Å². The lowest BCUT2D eigenvalue weighted by Crippen LogP contribution is -2.14. The maximum Gasteiger partial charge on any atom is 0.152 e. The smallest absolute Gasteiger partial charge is 0.152 e. The predicted molar refractivity (Wildman–Crippen MR) is 71.7 cm³/mol. The van der Waals surface area contributed by atoms with Crippen molar-refractivity contribution >= 4 is 22.6 Å². The molecule has 2 N–H and O–H groups in total. The van der Waals surface area contributed by atoms with Crippen LogP contribution in [0.3, 0.4) is 0 Å². The van der Waals surface area contributed by atoms with E-state index in [-0.39, 0.29) is 6.04 Å². The van der Waals surface area contributed by atoms with E-state index >= 15 is 0 Å². The van der Waals surface area contributed by atoms with Gasteiger partial charge in [-0.2, -0.15) is 0 Å². The fourth-order valence-electron chi connectivity index (χ4n) is 2.47. The largest absolute Gasteiger partial charge is 0.458 e. The zero-order chi connectivity index (χ0) is 12.5. The van der Waals surface area contributed by atoms with Crippen molar-refractivity contribution in [3.63, 3.8) is 0 Å². The molecule has 2 atom stereocenters. The highest BCUT2D eigenvalue weighted by Gasteiger charge is 2.22. The van der Waals surface area contributed by atoms with Crippen molar-refractivity contribution in [3.05, 3.63) is 35.0 Å². The molecule has 3 nitrogen and oxygen atoms in total. The zero-order valence-electron chi connectivity index (χ0n) is 10.1. The third-order valence-electron chi connectivity index (χ3n) is 3.49. The normalized spacial score (nSPS) is 21.6. The highest BCUT2D eigenvalue weighted by Crippen LogP contribution is 2.31. The van der Waals surface area contributed by atoms with Gasteiger partial charge in [-0.3, -0.25) is 0 Å². The van der Waals surface area contributed by atoms with E-state index in [0.717, 1.165) is 42.8 Å². The number of ether oxygens (including phenoxy) is 1. The summed E-state index contributed by atoms with van der Waals surface area (Å²) in [5.41, 5.74) is 6.93. The van der Waals surface area contributed by atoms with Crippen LogP contribution >= 0.6 is 11.6 Å². The Morgan fingerprint density at radius 1 is 1.44 bits per heavy atom. The number of furan rings is 1. The van der Waals surface area contributed by atoms with Crippen LogP contribution in [0.2, 0.25) is 5.02 Å². The van der Waals surface area contributed by atoms with E-state index in [1.807, 2.05) is 24.3 Å². The van der Waals surface area contributed by atoms with Crippen LogP contribution in [0.1, 0.15) is 24.6 Å². The molecule has 1 aliphatic rings. The van der Waals surface area contributed by atoms with Crippen LogP contribution in [-0.2, 0) is 4.74 Å². The van der Waals surface area contributed by atoms with Gasteiger partial charge in [0.1, 0.15) is 5.76 Å². The summed E-state index contributed by atoms with van der Waals surface area (Å²) in [6.07, 6.45) is 1.99. The number of fused-ring (bicyclic) bond motifs is 1. The van der Waals surface area contributed by atoms with Crippen LogP contribution in [0.5, 0.6) is 0 Å². The van der Waals surface area contributed by atoms with E-state index in [9.17, 15) is 0 Å². The lowest BCUT2D eigenvalue weighted by Gasteiger charge is -2.12. The fourth-order valence-corrected chi connectivity index (χ4v) is 2.70. The topological polar surface area (TPSA) is 48.4 Å². The number of halogens is 1. The molecule has 2 aromatic rings. The summed E-state index contributed by atoms with van der Waals surface area (Å²) in [7, 11) is 0. The molecule has 1 saturated heterocycles. The second-order valence-corrected chi connectivity index (χ2v) is 5.29. The molecule has 2 heterocycles. The molecule has 0 amide bonds. The highest BCUT2D eigenvalue weighted by atomic mass is 35.5. The van der Waals surface area contributed by atoms with Gasteiger partial charge in [0.15, 0.2) is 5.58 Å². The molecule has 4 heteroatoms. The maximum absolute atomic E-state index is 6.20. The van der Waals surface area contributed by atoms with Gasteiger partial charge >= 0.3 is 0 Å². The monoisotopic (exact) mass is 265 g/mol. The molecular formula is C14H16ClNO2. The van der Waals surface area contributed by atoms with Crippen LogP contribution in [0.25, 0.3) is 11.0 Å². The summed E-state index contributed by atoms with van der Waals surface area (Å²) in [5, 5.41) is 1.64. The molecule has 0 saturated carbocycles. The molecule has 0 bridgehead atoms. The minimum Gasteiger partial charge on any atom is -0.458 e. The lowest BCUT2D eigenvalue weighted by atomic mass is 9.98. The van der Waals surface area contributed by atoms with Crippen molar-refractivity contribution in [2.45, 2.75) is 18.9 Å². The summed E-state index contributed by atoms with van der Waals surface area (Å²) in [6.45, 7) is 1.66. The molecule has 18 heavy (non-hydrogen) atoms. The summed E-state index contributed by atoms with van der Waals surface area (Å²) in [4.78, 5) is 0. The van der Waals surface area contributed by atoms with E-state index in [1.54, 1.807) is 0 Å². The first-order valence-corrected chi connectivity index (χ1v) is 6.63. The third-order valence-corrected chi connectivity index (χ3v) is 3.79. The Morgan fingerprint density at radius 3 is 3.06 bits per heavy atom. The van der Waals surface area contributed by atoms with Crippen LogP contribution in [0.15, 0.2) is 28.7 Å². The Balaban J connectivity index is 1.82. The van der Waals surface area contributed by atoms with Gasteiger partial charge in [-0.1, -0.05) is 23.7 Å². The maximum atomic E-state index is 6.20. The molecule has 0 aliphatic carbocycles. The Labute approximate surface area is 111 Å². The minimum atomic E-state index is -0.0832. The number of nitrogens with two attached hydrogens (primary N) is 1. The van der Waals surface area contributed by atoms with Gasteiger partial charge in [-0.15, -0.1) is 0 Å². The van der Waals surface area contributed by atoms with Crippen molar-refractivity contribution < 1.29 is 9.15 Å². The number of rotatable bonds is 3. The second-order valence-electron chi connectivity index (χ2n) is 4.88. The Bertz CT molecular complexity index is 546.